The van der Waals surface area contributed by atoms with Crippen molar-refractivity contribution in [1.82, 2.24) is 14.9 Å². The topological polar surface area (TPSA) is 106 Å². The fourth-order valence-corrected chi connectivity index (χ4v) is 2.40. The Labute approximate surface area is 121 Å². The molecule has 0 unspecified atom stereocenters. The number of hydrogen-bond donors (Lipinski definition) is 2. The van der Waals surface area contributed by atoms with Crippen LogP contribution in [0.15, 0.2) is 35.3 Å². The highest BCUT2D eigenvalue weighted by molar-refractivity contribution is 5.54. The van der Waals surface area contributed by atoms with Gasteiger partial charge in [-0.05, 0) is 24.3 Å². The van der Waals surface area contributed by atoms with E-state index in [9.17, 15) is 4.79 Å². The number of aromatic nitrogens is 3. The van der Waals surface area contributed by atoms with Crippen LogP contribution in [0.1, 0.15) is 0 Å². The molecule has 1 saturated heterocycles. The number of rotatable bonds is 2. The predicted octanol–water partition coefficient (Wildman–Crippen LogP) is -0.739. The molecule has 0 saturated carbocycles. The molecule has 2 heterocycles. The summed E-state index contributed by atoms with van der Waals surface area (Å²) in [6, 6.07) is 7.79. The van der Waals surface area contributed by atoms with Gasteiger partial charge >= 0.3 is 0 Å². The molecule has 2 aromatic rings. The van der Waals surface area contributed by atoms with Crippen molar-refractivity contribution in [3.05, 3.63) is 40.8 Å². The zero-order chi connectivity index (χ0) is 14.8. The average Bonchev–Trinajstić information content (AvgIpc) is 2.51. The van der Waals surface area contributed by atoms with Crippen molar-refractivity contribution < 1.29 is 0 Å². The lowest BCUT2D eigenvalue weighted by atomic mass is 10.2. The van der Waals surface area contributed by atoms with Crippen molar-refractivity contribution in [2.24, 2.45) is 0 Å². The second kappa shape index (κ2) is 5.31. The van der Waals surface area contributed by atoms with Gasteiger partial charge in [0.1, 0.15) is 6.20 Å². The van der Waals surface area contributed by atoms with Crippen LogP contribution in [-0.2, 0) is 0 Å². The third kappa shape index (κ3) is 2.60. The Bertz CT molecular complexity index is 674. The van der Waals surface area contributed by atoms with Crippen LogP contribution in [0.25, 0.3) is 0 Å². The summed E-state index contributed by atoms with van der Waals surface area (Å²) in [6.07, 6.45) is 1.11. The molecule has 8 nitrogen and oxygen atoms in total. The number of anilines is 3. The molecule has 0 atom stereocenters. The molecule has 8 heteroatoms. The molecule has 0 bridgehead atoms. The van der Waals surface area contributed by atoms with Crippen LogP contribution in [0.3, 0.4) is 0 Å². The van der Waals surface area contributed by atoms with Crippen LogP contribution in [0.2, 0.25) is 0 Å². The number of hydrogen-bond acceptors (Lipinski definition) is 7. The number of benzene rings is 1. The van der Waals surface area contributed by atoms with E-state index in [0.29, 0.717) is 5.95 Å². The molecule has 4 N–H and O–H groups in total. The molecule has 1 aliphatic heterocycles. The third-order valence-electron chi connectivity index (χ3n) is 3.59. The number of piperazine rings is 1. The Morgan fingerprint density at radius 2 is 1.62 bits per heavy atom. The molecule has 21 heavy (non-hydrogen) atoms. The molecule has 0 radical (unpaired) electrons. The van der Waals surface area contributed by atoms with Gasteiger partial charge in [0.25, 0.3) is 5.56 Å². The van der Waals surface area contributed by atoms with Gasteiger partial charge in [0.2, 0.25) is 5.95 Å². The second-order valence-corrected chi connectivity index (χ2v) is 4.92. The Balaban J connectivity index is 1.71. The number of nitrogens with zero attached hydrogens (tertiary/aromatic N) is 5. The van der Waals surface area contributed by atoms with E-state index in [4.69, 9.17) is 11.6 Å². The summed E-state index contributed by atoms with van der Waals surface area (Å²) in [5, 5.41) is 7.63. The van der Waals surface area contributed by atoms with Crippen LogP contribution >= 0.6 is 0 Å². The van der Waals surface area contributed by atoms with E-state index in [1.54, 1.807) is 0 Å². The molecule has 1 aromatic heterocycles. The van der Waals surface area contributed by atoms with Gasteiger partial charge in [-0.25, -0.2) is 0 Å². The minimum absolute atomic E-state index is 0.360. The summed E-state index contributed by atoms with van der Waals surface area (Å²) in [7, 11) is 0. The standard InChI is InChI=1S/C13H17N7O/c14-10-1-3-11(4-2-10)18-5-7-19(8-6-18)13-17-16-9-12(21)20(13)15/h1-4,9H,5-8,14-15H2. The molecule has 1 fully saturated rings. The van der Waals surface area contributed by atoms with E-state index < -0.39 is 0 Å². The fraction of sp³-hybridized carbons (Fsp3) is 0.308. The van der Waals surface area contributed by atoms with Crippen LogP contribution in [0, 0.1) is 0 Å². The lowest BCUT2D eigenvalue weighted by Gasteiger charge is -2.36. The highest BCUT2D eigenvalue weighted by atomic mass is 16.1. The van der Waals surface area contributed by atoms with Gasteiger partial charge in [0.15, 0.2) is 0 Å². The highest BCUT2D eigenvalue weighted by Gasteiger charge is 2.20. The first-order valence-corrected chi connectivity index (χ1v) is 6.70. The summed E-state index contributed by atoms with van der Waals surface area (Å²) in [6.45, 7) is 3.07. The lowest BCUT2D eigenvalue weighted by Crippen LogP contribution is -2.49. The monoisotopic (exact) mass is 287 g/mol. The first-order valence-electron chi connectivity index (χ1n) is 6.70. The zero-order valence-electron chi connectivity index (χ0n) is 11.5. The Morgan fingerprint density at radius 1 is 1.00 bits per heavy atom. The lowest BCUT2D eigenvalue weighted by molar-refractivity contribution is 0.618. The summed E-state index contributed by atoms with van der Waals surface area (Å²) in [5.74, 6) is 6.11. The van der Waals surface area contributed by atoms with Gasteiger partial charge in [-0.1, -0.05) is 0 Å². The van der Waals surface area contributed by atoms with Gasteiger partial charge in [-0.15, -0.1) is 10.2 Å². The summed E-state index contributed by atoms with van der Waals surface area (Å²) < 4.78 is 1.03. The third-order valence-corrected chi connectivity index (χ3v) is 3.59. The van der Waals surface area contributed by atoms with E-state index in [1.165, 1.54) is 0 Å². The summed E-state index contributed by atoms with van der Waals surface area (Å²) in [5.41, 5.74) is 7.22. The van der Waals surface area contributed by atoms with E-state index in [1.807, 2.05) is 29.2 Å². The quantitative estimate of drug-likeness (QED) is 0.553. The first-order chi connectivity index (χ1) is 10.1. The minimum atomic E-state index is -0.360. The van der Waals surface area contributed by atoms with E-state index in [2.05, 4.69) is 15.1 Å². The maximum absolute atomic E-state index is 11.5. The minimum Gasteiger partial charge on any atom is -0.399 e. The smallest absolute Gasteiger partial charge is 0.292 e. The molecule has 0 amide bonds. The Hall–Kier alpha value is -2.77. The van der Waals surface area contributed by atoms with Gasteiger partial charge < -0.3 is 21.4 Å². The van der Waals surface area contributed by atoms with Crippen LogP contribution < -0.4 is 26.9 Å². The molecule has 1 aliphatic rings. The van der Waals surface area contributed by atoms with Crippen LogP contribution in [-0.4, -0.2) is 41.1 Å². The van der Waals surface area contributed by atoms with Crippen molar-refractivity contribution in [1.29, 1.82) is 0 Å². The Morgan fingerprint density at radius 3 is 2.29 bits per heavy atom. The van der Waals surface area contributed by atoms with Crippen molar-refractivity contribution in [3.8, 4) is 0 Å². The van der Waals surface area contributed by atoms with Crippen molar-refractivity contribution in [2.75, 3.05) is 47.6 Å². The zero-order valence-corrected chi connectivity index (χ0v) is 11.5. The SMILES string of the molecule is Nc1ccc(N2CCN(c3nncc(=O)n3N)CC2)cc1. The van der Waals surface area contributed by atoms with Gasteiger partial charge in [-0.3, -0.25) is 4.79 Å². The van der Waals surface area contributed by atoms with Crippen molar-refractivity contribution in [3.63, 3.8) is 0 Å². The maximum atomic E-state index is 11.5. The first kappa shape index (κ1) is 13.2. The van der Waals surface area contributed by atoms with Crippen molar-refractivity contribution >= 4 is 17.3 Å². The number of nitrogen functional groups attached to an aromatic ring is 2. The molecule has 1 aromatic carbocycles. The molecule has 110 valence electrons. The second-order valence-electron chi connectivity index (χ2n) is 4.92. The maximum Gasteiger partial charge on any atom is 0.292 e. The summed E-state index contributed by atoms with van der Waals surface area (Å²) in [4.78, 5) is 15.7. The molecule has 0 aliphatic carbocycles. The fourth-order valence-electron chi connectivity index (χ4n) is 2.40. The van der Waals surface area contributed by atoms with Gasteiger partial charge in [-0.2, -0.15) is 4.68 Å². The molecular formula is C13H17N7O. The van der Waals surface area contributed by atoms with E-state index in [0.717, 1.165) is 48.4 Å². The van der Waals surface area contributed by atoms with E-state index in [-0.39, 0.29) is 5.56 Å². The predicted molar refractivity (Wildman–Crippen MR) is 81.7 cm³/mol. The Kier molecular flexibility index (Phi) is 3.35. The largest absolute Gasteiger partial charge is 0.399 e. The van der Waals surface area contributed by atoms with E-state index >= 15 is 0 Å². The average molecular weight is 287 g/mol. The molecular weight excluding hydrogens is 270 g/mol. The molecule has 0 spiro atoms. The van der Waals surface area contributed by atoms with Gasteiger partial charge in [0, 0.05) is 37.6 Å². The summed E-state index contributed by atoms with van der Waals surface area (Å²) >= 11 is 0. The number of nitrogens with two attached hydrogens (primary N) is 2. The van der Waals surface area contributed by atoms with Crippen LogP contribution in [0.5, 0.6) is 0 Å². The van der Waals surface area contributed by atoms with Crippen molar-refractivity contribution in [2.45, 2.75) is 0 Å². The van der Waals surface area contributed by atoms with Crippen LogP contribution in [0.4, 0.5) is 17.3 Å². The van der Waals surface area contributed by atoms with Gasteiger partial charge in [0.05, 0.1) is 0 Å². The highest BCUT2D eigenvalue weighted by Crippen LogP contribution is 2.19. The molecule has 3 rings (SSSR count). The normalized spacial score (nSPS) is 15.2.